The fourth-order valence-electron chi connectivity index (χ4n) is 3.21. The van der Waals surface area contributed by atoms with Crippen LogP contribution in [0.5, 0.6) is 0 Å². The van der Waals surface area contributed by atoms with E-state index in [0.717, 1.165) is 26.8 Å². The van der Waals surface area contributed by atoms with Crippen LogP contribution in [0.4, 0.5) is 0 Å². The first-order valence-electron chi connectivity index (χ1n) is 9.10. The van der Waals surface area contributed by atoms with Crippen LogP contribution in [0, 0.1) is 13.8 Å². The minimum Gasteiger partial charge on any atom is -0.333 e. The average molecular weight is 451 g/mol. The first-order valence-corrected chi connectivity index (χ1v) is 9.89. The summed E-state index contributed by atoms with van der Waals surface area (Å²) in [6, 6.07) is 15.5. The largest absolute Gasteiger partial charge is 0.333 e. The highest BCUT2D eigenvalue weighted by atomic mass is 79.9. The van der Waals surface area contributed by atoms with Crippen LogP contribution >= 0.6 is 15.9 Å². The number of halogens is 1. The fraction of sp³-hybridized carbons (Fsp3) is 0.190. The van der Waals surface area contributed by atoms with Gasteiger partial charge in [0.2, 0.25) is 0 Å². The number of amides is 1. The van der Waals surface area contributed by atoms with Gasteiger partial charge in [0.15, 0.2) is 5.69 Å². The van der Waals surface area contributed by atoms with Crippen molar-refractivity contribution in [3.63, 3.8) is 0 Å². The first-order chi connectivity index (χ1) is 13.9. The second-order valence-corrected chi connectivity index (χ2v) is 7.73. The summed E-state index contributed by atoms with van der Waals surface area (Å²) >= 11 is 3.45. The third-order valence-corrected chi connectivity index (χ3v) is 5.21. The molecule has 0 atom stereocenters. The Morgan fingerprint density at radius 3 is 2.69 bits per heavy atom. The van der Waals surface area contributed by atoms with Crippen LogP contribution < -0.4 is 0 Å². The molecular weight excluding hydrogens is 432 g/mol. The van der Waals surface area contributed by atoms with Gasteiger partial charge in [0, 0.05) is 22.6 Å². The van der Waals surface area contributed by atoms with Gasteiger partial charge in [0.1, 0.15) is 5.82 Å². The molecule has 146 valence electrons. The molecule has 0 spiro atoms. The number of rotatable bonds is 4. The molecule has 0 radical (unpaired) electrons. The molecule has 29 heavy (non-hydrogen) atoms. The van der Waals surface area contributed by atoms with Gasteiger partial charge >= 0.3 is 0 Å². The Morgan fingerprint density at radius 2 is 1.90 bits per heavy atom. The smallest absolute Gasteiger partial charge is 0.276 e. The van der Waals surface area contributed by atoms with Gasteiger partial charge in [-0.2, -0.15) is 0 Å². The van der Waals surface area contributed by atoms with Crippen molar-refractivity contribution in [2.75, 3.05) is 7.05 Å². The summed E-state index contributed by atoms with van der Waals surface area (Å²) in [7, 11) is 1.72. The molecule has 0 bridgehead atoms. The van der Waals surface area contributed by atoms with Crippen molar-refractivity contribution in [3.8, 4) is 5.69 Å². The zero-order valence-electron chi connectivity index (χ0n) is 16.3. The number of aryl methyl sites for hydroxylation is 1. The van der Waals surface area contributed by atoms with Gasteiger partial charge in [-0.15, -0.1) is 5.10 Å². The summed E-state index contributed by atoms with van der Waals surface area (Å²) in [4.78, 5) is 23.7. The normalized spacial score (nSPS) is 11.0. The van der Waals surface area contributed by atoms with Crippen LogP contribution in [0.2, 0.25) is 0 Å². The Morgan fingerprint density at radius 1 is 1.10 bits per heavy atom. The number of carbonyl (C=O) groups is 1. The molecule has 0 unspecified atom stereocenters. The van der Waals surface area contributed by atoms with E-state index in [4.69, 9.17) is 0 Å². The molecule has 4 aromatic rings. The highest BCUT2D eigenvalue weighted by Crippen LogP contribution is 2.19. The van der Waals surface area contributed by atoms with E-state index in [0.29, 0.717) is 17.2 Å². The molecule has 0 saturated heterocycles. The maximum Gasteiger partial charge on any atom is 0.276 e. The Balaban J connectivity index is 1.59. The molecule has 0 aliphatic rings. The van der Waals surface area contributed by atoms with Gasteiger partial charge in [-0.1, -0.05) is 45.4 Å². The number of hydrogen-bond donors (Lipinski definition) is 0. The molecule has 0 N–H and O–H groups in total. The molecule has 0 saturated carbocycles. The summed E-state index contributed by atoms with van der Waals surface area (Å²) in [5, 5.41) is 9.29. The monoisotopic (exact) mass is 450 g/mol. The molecule has 0 fully saturated rings. The number of hydrogen-bond acceptors (Lipinski definition) is 5. The summed E-state index contributed by atoms with van der Waals surface area (Å²) < 4.78 is 2.58. The Kier molecular flexibility index (Phi) is 5.10. The van der Waals surface area contributed by atoms with Crippen molar-refractivity contribution in [2.45, 2.75) is 20.4 Å². The topological polar surface area (TPSA) is 76.8 Å². The van der Waals surface area contributed by atoms with Crippen LogP contribution in [0.3, 0.4) is 0 Å². The molecule has 2 heterocycles. The summed E-state index contributed by atoms with van der Waals surface area (Å²) in [6.07, 6.45) is 0. The third kappa shape index (κ3) is 3.75. The molecule has 2 aromatic heterocycles. The van der Waals surface area contributed by atoms with Crippen molar-refractivity contribution in [2.24, 2.45) is 0 Å². The summed E-state index contributed by atoms with van der Waals surface area (Å²) in [5.74, 6) is 0.368. The van der Waals surface area contributed by atoms with E-state index in [1.807, 2.05) is 62.4 Å². The number of benzene rings is 2. The second kappa shape index (κ2) is 7.71. The van der Waals surface area contributed by atoms with Crippen LogP contribution in [-0.4, -0.2) is 42.8 Å². The number of fused-ring (bicyclic) bond motifs is 1. The number of nitrogens with zero attached hydrogens (tertiary/aromatic N) is 6. The van der Waals surface area contributed by atoms with Gasteiger partial charge in [-0.05, 0) is 38.1 Å². The standard InChI is InChI=1S/C21H19BrN6O/c1-13-17-9-4-5-10-18(17)24-19(23-13)12-27(3)21(29)20-14(2)28(26-25-20)16-8-6-7-15(22)11-16/h4-11H,12H2,1-3H3. The van der Waals surface area contributed by atoms with E-state index in [1.165, 1.54) is 0 Å². The Bertz CT molecular complexity index is 1220. The van der Waals surface area contributed by atoms with E-state index >= 15 is 0 Å². The second-order valence-electron chi connectivity index (χ2n) is 6.82. The lowest BCUT2D eigenvalue weighted by atomic mass is 10.2. The molecule has 8 heteroatoms. The predicted molar refractivity (Wildman–Crippen MR) is 114 cm³/mol. The van der Waals surface area contributed by atoms with Crippen molar-refractivity contribution in [1.82, 2.24) is 29.9 Å². The molecule has 2 aromatic carbocycles. The molecule has 4 rings (SSSR count). The number of para-hydroxylation sites is 1. The molecule has 0 aliphatic carbocycles. The van der Waals surface area contributed by atoms with Crippen molar-refractivity contribution < 1.29 is 4.79 Å². The Hall–Kier alpha value is -3.13. The minimum atomic E-state index is -0.224. The van der Waals surface area contributed by atoms with E-state index in [-0.39, 0.29) is 12.5 Å². The number of aromatic nitrogens is 5. The average Bonchev–Trinajstić information content (AvgIpc) is 3.08. The van der Waals surface area contributed by atoms with Gasteiger partial charge in [0.05, 0.1) is 23.4 Å². The quantitative estimate of drug-likeness (QED) is 0.471. The minimum absolute atomic E-state index is 0.224. The highest BCUT2D eigenvalue weighted by Gasteiger charge is 2.22. The van der Waals surface area contributed by atoms with Crippen LogP contribution in [0.1, 0.15) is 27.7 Å². The maximum atomic E-state index is 13.0. The zero-order valence-corrected chi connectivity index (χ0v) is 17.9. The van der Waals surface area contributed by atoms with Crippen molar-refractivity contribution in [3.05, 3.63) is 75.9 Å². The molecule has 1 amide bonds. The van der Waals surface area contributed by atoms with E-state index in [1.54, 1.807) is 16.6 Å². The first kappa shape index (κ1) is 19.2. The lowest BCUT2D eigenvalue weighted by Crippen LogP contribution is -2.28. The van der Waals surface area contributed by atoms with E-state index < -0.39 is 0 Å². The van der Waals surface area contributed by atoms with E-state index in [9.17, 15) is 4.79 Å². The number of carbonyl (C=O) groups excluding carboxylic acids is 1. The summed E-state index contributed by atoms with van der Waals surface area (Å²) in [6.45, 7) is 4.06. The Labute approximate surface area is 176 Å². The van der Waals surface area contributed by atoms with Gasteiger partial charge in [-0.25, -0.2) is 14.6 Å². The van der Waals surface area contributed by atoms with Gasteiger partial charge in [-0.3, -0.25) is 4.79 Å². The summed E-state index contributed by atoms with van der Waals surface area (Å²) in [5.41, 5.74) is 3.58. The SMILES string of the molecule is Cc1nc(CN(C)C(=O)c2nnn(-c3cccc(Br)c3)c2C)nc2ccccc12. The maximum absolute atomic E-state index is 13.0. The van der Waals surface area contributed by atoms with Crippen LogP contribution in [0.15, 0.2) is 53.0 Å². The lowest BCUT2D eigenvalue weighted by Gasteiger charge is -2.16. The third-order valence-electron chi connectivity index (χ3n) is 4.72. The predicted octanol–water partition coefficient (Wildman–Crippen LogP) is 3.86. The van der Waals surface area contributed by atoms with E-state index in [2.05, 4.69) is 36.2 Å². The van der Waals surface area contributed by atoms with Crippen LogP contribution in [-0.2, 0) is 6.54 Å². The molecular formula is C21H19BrN6O. The fourth-order valence-corrected chi connectivity index (χ4v) is 3.60. The molecule has 0 aliphatic heterocycles. The highest BCUT2D eigenvalue weighted by molar-refractivity contribution is 9.10. The molecule has 7 nitrogen and oxygen atoms in total. The van der Waals surface area contributed by atoms with Gasteiger partial charge in [0.25, 0.3) is 5.91 Å². The van der Waals surface area contributed by atoms with Crippen molar-refractivity contribution >= 4 is 32.7 Å². The lowest BCUT2D eigenvalue weighted by molar-refractivity contribution is 0.0775. The van der Waals surface area contributed by atoms with Crippen molar-refractivity contribution in [1.29, 1.82) is 0 Å². The zero-order chi connectivity index (χ0) is 20.5. The van der Waals surface area contributed by atoms with Gasteiger partial charge < -0.3 is 4.90 Å². The van der Waals surface area contributed by atoms with Crippen LogP contribution in [0.25, 0.3) is 16.6 Å².